The first-order valence-electron chi connectivity index (χ1n) is 6.53. The molecule has 0 amide bonds. The Hall–Kier alpha value is -2.34. The molecule has 0 radical (unpaired) electrons. The molecule has 0 saturated carbocycles. The maximum atomic E-state index is 13.7. The molecule has 0 aliphatic heterocycles. The van der Waals surface area contributed by atoms with Gasteiger partial charge in [0.15, 0.2) is 0 Å². The second-order valence-electron chi connectivity index (χ2n) is 4.52. The maximum Gasteiger partial charge on any atom is 0.330 e. The summed E-state index contributed by atoms with van der Waals surface area (Å²) in [5.74, 6) is -1.50. The quantitative estimate of drug-likeness (QED) is 0.440. The van der Waals surface area contributed by atoms with E-state index in [0.29, 0.717) is 15.7 Å². The van der Waals surface area contributed by atoms with Gasteiger partial charge in [0.25, 0.3) is 0 Å². The summed E-state index contributed by atoms with van der Waals surface area (Å²) in [5, 5.41) is 0. The highest BCUT2D eigenvalue weighted by Gasteiger charge is 2.02. The first kappa shape index (κ1) is 17.0. The molecule has 0 atom stereocenters. The van der Waals surface area contributed by atoms with Gasteiger partial charge in [0.2, 0.25) is 0 Å². The summed E-state index contributed by atoms with van der Waals surface area (Å²) >= 11 is 3.17. The summed E-state index contributed by atoms with van der Waals surface area (Å²) in [4.78, 5) is 15.1. The number of nitrogens with zero attached hydrogens (tertiary/aromatic N) is 1. The monoisotopic (exact) mass is 379 g/mol. The average molecular weight is 380 g/mol. The molecule has 0 aliphatic rings. The molecule has 0 N–H and O–H groups in total. The lowest BCUT2D eigenvalue weighted by Crippen LogP contribution is -1.93. The van der Waals surface area contributed by atoms with Crippen LogP contribution >= 0.6 is 15.9 Å². The zero-order valence-corrected chi connectivity index (χ0v) is 13.7. The zero-order chi connectivity index (χ0) is 16.8. The number of methoxy groups -OCH3 is 1. The van der Waals surface area contributed by atoms with Crippen molar-refractivity contribution >= 4 is 39.9 Å². The van der Waals surface area contributed by atoms with Crippen LogP contribution in [-0.2, 0) is 9.53 Å². The lowest BCUT2D eigenvalue weighted by molar-refractivity contribution is -0.134. The Balaban J connectivity index is 2.26. The van der Waals surface area contributed by atoms with E-state index in [9.17, 15) is 13.6 Å². The number of rotatable bonds is 4. The Kier molecular flexibility index (Phi) is 5.76. The third kappa shape index (κ3) is 5.10. The first-order chi connectivity index (χ1) is 11.0. The summed E-state index contributed by atoms with van der Waals surface area (Å²) in [6.45, 7) is 0. The van der Waals surface area contributed by atoms with Gasteiger partial charge in [-0.1, -0.05) is 15.9 Å². The first-order valence-corrected chi connectivity index (χ1v) is 7.33. The van der Waals surface area contributed by atoms with E-state index in [1.54, 1.807) is 18.2 Å². The molecule has 0 unspecified atom stereocenters. The Morgan fingerprint density at radius 1 is 1.22 bits per heavy atom. The van der Waals surface area contributed by atoms with Gasteiger partial charge in [0.1, 0.15) is 11.6 Å². The smallest absolute Gasteiger partial charge is 0.330 e. The highest BCUT2D eigenvalue weighted by atomic mass is 79.9. The van der Waals surface area contributed by atoms with E-state index in [4.69, 9.17) is 0 Å². The van der Waals surface area contributed by atoms with Crippen molar-refractivity contribution in [1.29, 1.82) is 0 Å². The van der Waals surface area contributed by atoms with Gasteiger partial charge >= 0.3 is 5.97 Å². The van der Waals surface area contributed by atoms with Crippen LogP contribution in [0.15, 0.2) is 51.9 Å². The van der Waals surface area contributed by atoms with Crippen molar-refractivity contribution in [3.05, 3.63) is 69.7 Å². The van der Waals surface area contributed by atoms with Crippen molar-refractivity contribution in [2.24, 2.45) is 4.99 Å². The lowest BCUT2D eigenvalue weighted by atomic mass is 10.1. The SMILES string of the molecule is COC(=O)/C=C/c1cc(F)cc(/N=C\c2ccc(Br)cc2F)c1. The summed E-state index contributed by atoms with van der Waals surface area (Å²) in [7, 11) is 1.25. The van der Waals surface area contributed by atoms with E-state index in [0.717, 1.165) is 0 Å². The topological polar surface area (TPSA) is 38.7 Å². The van der Waals surface area contributed by atoms with Crippen LogP contribution in [0.5, 0.6) is 0 Å². The van der Waals surface area contributed by atoms with Crippen molar-refractivity contribution in [1.82, 2.24) is 0 Å². The summed E-state index contributed by atoms with van der Waals surface area (Å²) in [6.07, 6.45) is 3.90. The van der Waals surface area contributed by atoms with Crippen LogP contribution in [0.4, 0.5) is 14.5 Å². The zero-order valence-electron chi connectivity index (χ0n) is 12.1. The van der Waals surface area contributed by atoms with E-state index in [1.807, 2.05) is 0 Å². The van der Waals surface area contributed by atoms with Crippen LogP contribution in [0.3, 0.4) is 0 Å². The molecule has 0 bridgehead atoms. The lowest BCUT2D eigenvalue weighted by Gasteiger charge is -2.00. The number of carbonyl (C=O) groups is 1. The number of ether oxygens (including phenoxy) is 1. The number of hydrogen-bond acceptors (Lipinski definition) is 3. The fraction of sp³-hybridized carbons (Fsp3) is 0.0588. The number of halogens is 3. The molecule has 0 fully saturated rings. The summed E-state index contributed by atoms with van der Waals surface area (Å²) in [5.41, 5.74) is 1.03. The van der Waals surface area contributed by atoms with Gasteiger partial charge in [-0.15, -0.1) is 0 Å². The molecule has 0 aromatic heterocycles. The Morgan fingerprint density at radius 2 is 2.00 bits per heavy atom. The minimum absolute atomic E-state index is 0.282. The normalized spacial score (nSPS) is 11.3. The number of carbonyl (C=O) groups excluding carboxylic acids is 1. The minimum atomic E-state index is -0.545. The molecule has 0 aliphatic carbocycles. The fourth-order valence-electron chi connectivity index (χ4n) is 1.75. The van der Waals surface area contributed by atoms with Gasteiger partial charge in [-0.05, 0) is 48.0 Å². The molecule has 3 nitrogen and oxygen atoms in total. The van der Waals surface area contributed by atoms with E-state index < -0.39 is 17.6 Å². The third-order valence-electron chi connectivity index (χ3n) is 2.83. The van der Waals surface area contributed by atoms with Crippen molar-refractivity contribution in [2.75, 3.05) is 7.11 Å². The molecule has 118 valence electrons. The van der Waals surface area contributed by atoms with Crippen molar-refractivity contribution < 1.29 is 18.3 Å². The number of hydrogen-bond donors (Lipinski definition) is 0. The predicted molar refractivity (Wildman–Crippen MR) is 88.8 cm³/mol. The molecule has 6 heteroatoms. The predicted octanol–water partition coefficient (Wildman–Crippen LogP) is 4.66. The molecule has 2 rings (SSSR count). The van der Waals surface area contributed by atoms with Crippen LogP contribution in [0, 0.1) is 11.6 Å². The van der Waals surface area contributed by atoms with E-state index in [1.165, 1.54) is 43.7 Å². The molecular formula is C17H12BrF2NO2. The summed E-state index contributed by atoms with van der Waals surface area (Å²) < 4.78 is 32.4. The van der Waals surface area contributed by atoms with Gasteiger partial charge in [-0.3, -0.25) is 4.99 Å². The largest absolute Gasteiger partial charge is 0.466 e. The molecule has 2 aromatic rings. The fourth-order valence-corrected chi connectivity index (χ4v) is 2.08. The van der Waals surface area contributed by atoms with E-state index >= 15 is 0 Å². The summed E-state index contributed by atoms with van der Waals surface area (Å²) in [6, 6.07) is 8.58. The van der Waals surface area contributed by atoms with Crippen molar-refractivity contribution in [2.45, 2.75) is 0 Å². The Labute approximate surface area is 140 Å². The Morgan fingerprint density at radius 3 is 2.70 bits per heavy atom. The average Bonchev–Trinajstić information content (AvgIpc) is 2.51. The highest BCUT2D eigenvalue weighted by molar-refractivity contribution is 9.10. The van der Waals surface area contributed by atoms with Gasteiger partial charge in [-0.25, -0.2) is 13.6 Å². The molecule has 2 aromatic carbocycles. The second-order valence-corrected chi connectivity index (χ2v) is 5.44. The number of benzene rings is 2. The second kappa shape index (κ2) is 7.78. The van der Waals surface area contributed by atoms with Crippen LogP contribution in [0.2, 0.25) is 0 Å². The van der Waals surface area contributed by atoms with E-state index in [-0.39, 0.29) is 5.56 Å². The van der Waals surface area contributed by atoms with Gasteiger partial charge < -0.3 is 4.74 Å². The minimum Gasteiger partial charge on any atom is -0.466 e. The molecular weight excluding hydrogens is 368 g/mol. The van der Waals surface area contributed by atoms with Crippen molar-refractivity contribution in [3.63, 3.8) is 0 Å². The standard InChI is InChI=1S/C17H12BrF2NO2/c1-23-17(22)5-2-11-6-14(19)9-15(7-11)21-10-12-3-4-13(18)8-16(12)20/h2-10H,1H3/b5-2+,21-10-. The van der Waals surface area contributed by atoms with Crippen LogP contribution in [0.1, 0.15) is 11.1 Å². The Bertz CT molecular complexity index is 788. The van der Waals surface area contributed by atoms with Gasteiger partial charge in [-0.2, -0.15) is 0 Å². The van der Waals surface area contributed by atoms with Crippen LogP contribution in [0.25, 0.3) is 6.08 Å². The number of aliphatic imine (C=N–C) groups is 1. The maximum absolute atomic E-state index is 13.7. The third-order valence-corrected chi connectivity index (χ3v) is 3.33. The van der Waals surface area contributed by atoms with Gasteiger partial charge in [0.05, 0.1) is 12.8 Å². The molecule has 0 spiro atoms. The highest BCUT2D eigenvalue weighted by Crippen LogP contribution is 2.19. The molecule has 0 saturated heterocycles. The molecule has 23 heavy (non-hydrogen) atoms. The van der Waals surface area contributed by atoms with Crippen LogP contribution < -0.4 is 0 Å². The molecule has 0 heterocycles. The van der Waals surface area contributed by atoms with Gasteiger partial charge in [0, 0.05) is 22.3 Å². The van der Waals surface area contributed by atoms with Crippen LogP contribution in [-0.4, -0.2) is 19.3 Å². The van der Waals surface area contributed by atoms with Crippen molar-refractivity contribution in [3.8, 4) is 0 Å². The van der Waals surface area contributed by atoms with E-state index in [2.05, 4.69) is 25.7 Å². The number of esters is 1.